The Kier molecular flexibility index (Phi) is 6.07. The minimum Gasteiger partial charge on any atom is -0.487 e. The van der Waals surface area contributed by atoms with Crippen molar-refractivity contribution in [2.75, 3.05) is 5.32 Å². The van der Waals surface area contributed by atoms with E-state index in [1.165, 1.54) is 16.8 Å². The van der Waals surface area contributed by atoms with Crippen molar-refractivity contribution in [2.45, 2.75) is 32.9 Å². The number of hydrogen-bond acceptors (Lipinski definition) is 5. The van der Waals surface area contributed by atoms with E-state index in [4.69, 9.17) is 4.74 Å². The molecule has 4 rings (SSSR count). The normalized spacial score (nSPS) is 10.9. The maximum absolute atomic E-state index is 12.6. The predicted molar refractivity (Wildman–Crippen MR) is 117 cm³/mol. The minimum atomic E-state index is -0.386. The van der Waals surface area contributed by atoms with Gasteiger partial charge in [0.2, 0.25) is 0 Å². The number of pyridine rings is 1. The molecule has 0 spiro atoms. The highest BCUT2D eigenvalue weighted by Gasteiger charge is 2.11. The molecule has 1 aromatic carbocycles. The van der Waals surface area contributed by atoms with Crippen LogP contribution in [-0.4, -0.2) is 25.1 Å². The lowest BCUT2D eigenvalue weighted by molar-refractivity contribution is 0.101. The van der Waals surface area contributed by atoms with Gasteiger partial charge in [-0.3, -0.25) is 9.59 Å². The van der Waals surface area contributed by atoms with E-state index in [1.54, 1.807) is 18.2 Å². The van der Waals surface area contributed by atoms with Crippen LogP contribution in [-0.2, 0) is 13.2 Å². The number of unbranched alkanes of at least 4 members (excludes halogenated alkanes) is 1. The first kappa shape index (κ1) is 20.3. The Morgan fingerprint density at radius 2 is 2.03 bits per heavy atom. The van der Waals surface area contributed by atoms with E-state index in [-0.39, 0.29) is 17.2 Å². The van der Waals surface area contributed by atoms with Gasteiger partial charge in [0.25, 0.3) is 11.5 Å². The molecule has 0 fully saturated rings. The van der Waals surface area contributed by atoms with Crippen LogP contribution in [0, 0.1) is 0 Å². The fraction of sp³-hybridized carbons (Fsp3) is 0.217. The second-order valence-electron chi connectivity index (χ2n) is 7.10. The van der Waals surface area contributed by atoms with Gasteiger partial charge in [-0.15, -0.1) is 0 Å². The Morgan fingerprint density at radius 3 is 2.87 bits per heavy atom. The van der Waals surface area contributed by atoms with Crippen LogP contribution in [0.5, 0.6) is 5.75 Å². The van der Waals surface area contributed by atoms with Crippen LogP contribution in [0.1, 0.15) is 35.9 Å². The van der Waals surface area contributed by atoms with Gasteiger partial charge in [-0.1, -0.05) is 25.5 Å². The van der Waals surface area contributed by atoms with E-state index in [0.29, 0.717) is 24.6 Å². The molecule has 0 bridgehead atoms. The first-order valence-electron chi connectivity index (χ1n) is 10.2. The van der Waals surface area contributed by atoms with E-state index in [2.05, 4.69) is 15.4 Å². The number of rotatable bonds is 8. The number of carbonyl (C=O) groups excluding carboxylic acids is 1. The highest BCUT2D eigenvalue weighted by molar-refractivity contribution is 6.02. The molecular weight excluding hydrogens is 394 g/mol. The highest BCUT2D eigenvalue weighted by Crippen LogP contribution is 2.19. The Bertz CT molecular complexity index is 1230. The summed E-state index contributed by atoms with van der Waals surface area (Å²) < 4.78 is 9.10. The topological polar surface area (TPSA) is 90.5 Å². The number of anilines is 1. The van der Waals surface area contributed by atoms with Gasteiger partial charge >= 0.3 is 0 Å². The fourth-order valence-corrected chi connectivity index (χ4v) is 3.11. The summed E-state index contributed by atoms with van der Waals surface area (Å²) in [6.07, 6.45) is 5.61. The second kappa shape index (κ2) is 9.25. The summed E-state index contributed by atoms with van der Waals surface area (Å²) in [5.74, 6) is 0.221. The van der Waals surface area contributed by atoms with Gasteiger partial charge in [0.15, 0.2) is 0 Å². The van der Waals surface area contributed by atoms with Crippen molar-refractivity contribution < 1.29 is 9.53 Å². The van der Waals surface area contributed by atoms with Gasteiger partial charge in [0, 0.05) is 36.8 Å². The average molecular weight is 417 g/mol. The molecule has 8 nitrogen and oxygen atoms in total. The summed E-state index contributed by atoms with van der Waals surface area (Å²) in [4.78, 5) is 29.0. The predicted octanol–water partition coefficient (Wildman–Crippen LogP) is 3.52. The number of imidazole rings is 1. The van der Waals surface area contributed by atoms with E-state index in [9.17, 15) is 9.59 Å². The first-order chi connectivity index (χ1) is 15.1. The number of aryl methyl sites for hydroxylation is 1. The van der Waals surface area contributed by atoms with Crippen LogP contribution in [0.2, 0.25) is 0 Å². The Hall–Kier alpha value is -3.94. The molecule has 0 saturated heterocycles. The van der Waals surface area contributed by atoms with Crippen molar-refractivity contribution in [2.24, 2.45) is 0 Å². The molecule has 31 heavy (non-hydrogen) atoms. The molecular formula is C23H23N5O3. The summed E-state index contributed by atoms with van der Waals surface area (Å²) >= 11 is 0. The summed E-state index contributed by atoms with van der Waals surface area (Å²) in [5.41, 5.74) is 2.21. The van der Waals surface area contributed by atoms with Gasteiger partial charge in [-0.2, -0.15) is 5.10 Å². The van der Waals surface area contributed by atoms with Crippen LogP contribution in [0.4, 0.5) is 5.69 Å². The number of nitrogens with zero attached hydrogens (tertiary/aromatic N) is 4. The van der Waals surface area contributed by atoms with Crippen molar-refractivity contribution >= 4 is 17.2 Å². The monoisotopic (exact) mass is 417 g/mol. The van der Waals surface area contributed by atoms with Gasteiger partial charge in [-0.25, -0.2) is 9.67 Å². The molecule has 8 heteroatoms. The fourth-order valence-electron chi connectivity index (χ4n) is 3.11. The first-order valence-corrected chi connectivity index (χ1v) is 10.2. The molecule has 4 aromatic rings. The zero-order valence-electron chi connectivity index (χ0n) is 17.2. The second-order valence-corrected chi connectivity index (χ2v) is 7.10. The van der Waals surface area contributed by atoms with Crippen LogP contribution in [0.25, 0.3) is 5.65 Å². The molecule has 0 unspecified atom stereocenters. The zero-order valence-corrected chi connectivity index (χ0v) is 17.2. The SMILES string of the molecule is CCCCn1nc(C(=O)Nc2cccc(OCc3cn4ccccc4n3)c2)ccc1=O. The Morgan fingerprint density at radius 1 is 1.13 bits per heavy atom. The summed E-state index contributed by atoms with van der Waals surface area (Å²) in [6.45, 7) is 2.83. The van der Waals surface area contributed by atoms with Crippen molar-refractivity contribution in [3.8, 4) is 5.75 Å². The van der Waals surface area contributed by atoms with Crippen LogP contribution in [0.3, 0.4) is 0 Å². The maximum Gasteiger partial charge on any atom is 0.276 e. The number of fused-ring (bicyclic) bond motifs is 1. The number of benzene rings is 1. The number of aromatic nitrogens is 4. The number of hydrogen-bond donors (Lipinski definition) is 1. The summed E-state index contributed by atoms with van der Waals surface area (Å²) in [5, 5.41) is 6.98. The molecule has 1 amide bonds. The van der Waals surface area contributed by atoms with Gasteiger partial charge < -0.3 is 14.5 Å². The number of ether oxygens (including phenoxy) is 1. The molecule has 0 atom stereocenters. The molecule has 3 aromatic heterocycles. The molecule has 0 radical (unpaired) electrons. The molecule has 0 saturated carbocycles. The third kappa shape index (κ3) is 4.98. The molecule has 158 valence electrons. The lowest BCUT2D eigenvalue weighted by Crippen LogP contribution is -2.26. The molecule has 0 aliphatic heterocycles. The van der Waals surface area contributed by atoms with Gasteiger partial charge in [0.05, 0.1) is 5.69 Å². The van der Waals surface area contributed by atoms with Crippen molar-refractivity contribution in [1.29, 1.82) is 0 Å². The largest absolute Gasteiger partial charge is 0.487 e. The summed E-state index contributed by atoms with van der Waals surface area (Å²) in [7, 11) is 0. The average Bonchev–Trinajstić information content (AvgIpc) is 3.20. The van der Waals surface area contributed by atoms with Crippen molar-refractivity contribution in [1.82, 2.24) is 19.2 Å². The highest BCUT2D eigenvalue weighted by atomic mass is 16.5. The zero-order chi connectivity index (χ0) is 21.6. The van der Waals surface area contributed by atoms with Crippen molar-refractivity contribution in [3.05, 3.63) is 88.7 Å². The lowest BCUT2D eigenvalue weighted by atomic mass is 10.3. The maximum atomic E-state index is 12.6. The third-order valence-corrected chi connectivity index (χ3v) is 4.72. The van der Waals surface area contributed by atoms with Crippen LogP contribution < -0.4 is 15.6 Å². The van der Waals surface area contributed by atoms with E-state index in [1.807, 2.05) is 48.0 Å². The van der Waals surface area contributed by atoms with Crippen LogP contribution in [0.15, 0.2) is 71.8 Å². The van der Waals surface area contributed by atoms with E-state index < -0.39 is 0 Å². The molecule has 3 heterocycles. The Labute approximate surface area is 179 Å². The third-order valence-electron chi connectivity index (χ3n) is 4.72. The van der Waals surface area contributed by atoms with Crippen LogP contribution >= 0.6 is 0 Å². The van der Waals surface area contributed by atoms with E-state index >= 15 is 0 Å². The van der Waals surface area contributed by atoms with Crippen molar-refractivity contribution in [3.63, 3.8) is 0 Å². The number of amides is 1. The minimum absolute atomic E-state index is 0.187. The molecule has 1 N–H and O–H groups in total. The number of nitrogens with one attached hydrogen (secondary N) is 1. The van der Waals surface area contributed by atoms with E-state index in [0.717, 1.165) is 24.2 Å². The molecule has 0 aliphatic rings. The Balaban J connectivity index is 1.42. The lowest BCUT2D eigenvalue weighted by Gasteiger charge is -2.09. The van der Waals surface area contributed by atoms with Gasteiger partial charge in [0.1, 0.15) is 23.7 Å². The number of carbonyl (C=O) groups is 1. The summed E-state index contributed by atoms with van der Waals surface area (Å²) in [6, 6.07) is 15.7. The molecule has 0 aliphatic carbocycles. The standard InChI is InChI=1S/C23H23N5O3/c1-2-3-13-28-22(29)11-10-20(26-28)23(30)25-17-7-6-8-19(14-17)31-16-18-15-27-12-5-4-9-21(27)24-18/h4-12,14-15H,2-3,13,16H2,1H3,(H,25,30). The quantitative estimate of drug-likeness (QED) is 0.474. The van der Waals surface area contributed by atoms with Gasteiger partial charge in [-0.05, 0) is 36.8 Å². The smallest absolute Gasteiger partial charge is 0.276 e.